The quantitative estimate of drug-likeness (QED) is 0.904. The summed E-state index contributed by atoms with van der Waals surface area (Å²) in [5.74, 6) is 1.08. The number of fused-ring (bicyclic) bond motifs is 1. The van der Waals surface area contributed by atoms with Gasteiger partial charge in [0.1, 0.15) is 11.9 Å². The van der Waals surface area contributed by atoms with Crippen molar-refractivity contribution in [3.8, 4) is 5.75 Å². The molecule has 3 rings (SSSR count). The van der Waals surface area contributed by atoms with Crippen LogP contribution in [0.1, 0.15) is 25.3 Å². The molecule has 0 saturated carbocycles. The van der Waals surface area contributed by atoms with Crippen LogP contribution in [0.5, 0.6) is 5.75 Å². The van der Waals surface area contributed by atoms with E-state index in [0.717, 1.165) is 38.3 Å². The minimum absolute atomic E-state index is 0.333. The van der Waals surface area contributed by atoms with Gasteiger partial charge in [-0.2, -0.15) is 0 Å². The molecule has 2 heterocycles. The zero-order chi connectivity index (χ0) is 13.3. The highest BCUT2D eigenvalue weighted by atomic mass is 16.5. The first-order valence-electron chi connectivity index (χ1n) is 7.35. The first kappa shape index (κ1) is 12.9. The van der Waals surface area contributed by atoms with Crippen LogP contribution in [0.15, 0.2) is 24.3 Å². The number of piperidine rings is 1. The van der Waals surface area contributed by atoms with Gasteiger partial charge in [0.25, 0.3) is 0 Å². The van der Waals surface area contributed by atoms with E-state index in [1.54, 1.807) is 0 Å². The maximum Gasteiger partial charge on any atom is 0.123 e. The molecule has 2 N–H and O–H groups in total. The van der Waals surface area contributed by atoms with Gasteiger partial charge in [0.05, 0.1) is 0 Å². The van der Waals surface area contributed by atoms with Crippen molar-refractivity contribution in [2.75, 3.05) is 26.2 Å². The summed E-state index contributed by atoms with van der Waals surface area (Å²) in [7, 11) is 0. The number of nitrogens with two attached hydrogens (primary N) is 1. The van der Waals surface area contributed by atoms with Gasteiger partial charge in [0, 0.05) is 13.0 Å². The Balaban J connectivity index is 1.52. The van der Waals surface area contributed by atoms with Gasteiger partial charge in [0.2, 0.25) is 0 Å². The van der Waals surface area contributed by atoms with Crippen molar-refractivity contribution in [2.45, 2.75) is 32.3 Å². The van der Waals surface area contributed by atoms with Crippen LogP contribution in [0, 0.1) is 5.41 Å². The van der Waals surface area contributed by atoms with Crippen molar-refractivity contribution >= 4 is 0 Å². The number of ether oxygens (including phenoxy) is 1. The normalized spacial score (nSPS) is 25.9. The molecule has 19 heavy (non-hydrogen) atoms. The van der Waals surface area contributed by atoms with Gasteiger partial charge in [0.15, 0.2) is 0 Å². The third kappa shape index (κ3) is 2.77. The highest BCUT2D eigenvalue weighted by molar-refractivity contribution is 5.37. The van der Waals surface area contributed by atoms with Crippen LogP contribution < -0.4 is 10.5 Å². The molecule has 0 radical (unpaired) electrons. The summed E-state index contributed by atoms with van der Waals surface area (Å²) in [6.07, 6.45) is 3.81. The number of para-hydroxylation sites is 1. The van der Waals surface area contributed by atoms with Gasteiger partial charge < -0.3 is 10.5 Å². The maximum absolute atomic E-state index is 6.02. The third-order valence-corrected chi connectivity index (χ3v) is 4.73. The van der Waals surface area contributed by atoms with Crippen LogP contribution in [0.4, 0.5) is 0 Å². The Morgan fingerprint density at radius 1 is 1.32 bits per heavy atom. The molecule has 0 spiro atoms. The van der Waals surface area contributed by atoms with E-state index >= 15 is 0 Å². The lowest BCUT2D eigenvalue weighted by Crippen LogP contribution is -2.45. The van der Waals surface area contributed by atoms with E-state index in [-0.39, 0.29) is 0 Å². The van der Waals surface area contributed by atoms with Gasteiger partial charge in [-0.25, -0.2) is 0 Å². The molecular weight excluding hydrogens is 236 g/mol. The fraction of sp³-hybridized carbons (Fsp3) is 0.625. The summed E-state index contributed by atoms with van der Waals surface area (Å²) < 4.78 is 6.02. The van der Waals surface area contributed by atoms with Crippen LogP contribution in [0.25, 0.3) is 0 Å². The maximum atomic E-state index is 6.02. The molecule has 1 unspecified atom stereocenters. The van der Waals surface area contributed by atoms with Gasteiger partial charge >= 0.3 is 0 Å². The molecule has 3 nitrogen and oxygen atoms in total. The molecule has 3 heteroatoms. The van der Waals surface area contributed by atoms with Gasteiger partial charge in [-0.15, -0.1) is 0 Å². The lowest BCUT2D eigenvalue weighted by molar-refractivity contribution is 0.0858. The zero-order valence-electron chi connectivity index (χ0n) is 11.8. The number of rotatable bonds is 3. The second-order valence-electron chi connectivity index (χ2n) is 6.37. The van der Waals surface area contributed by atoms with E-state index < -0.39 is 0 Å². The Bertz CT molecular complexity index is 413. The summed E-state index contributed by atoms with van der Waals surface area (Å²) >= 11 is 0. The van der Waals surface area contributed by atoms with E-state index in [2.05, 4.69) is 36.1 Å². The monoisotopic (exact) mass is 260 g/mol. The molecule has 0 amide bonds. The topological polar surface area (TPSA) is 38.5 Å². The number of benzene rings is 1. The second-order valence-corrected chi connectivity index (χ2v) is 6.37. The first-order valence-corrected chi connectivity index (χ1v) is 7.35. The zero-order valence-corrected chi connectivity index (χ0v) is 11.8. The summed E-state index contributed by atoms with van der Waals surface area (Å²) in [5, 5.41) is 0. The summed E-state index contributed by atoms with van der Waals surface area (Å²) in [6.45, 7) is 6.49. The Morgan fingerprint density at radius 2 is 2.05 bits per heavy atom. The van der Waals surface area contributed by atoms with Crippen LogP contribution in [0.2, 0.25) is 0 Å². The Hall–Kier alpha value is -1.06. The average Bonchev–Trinajstić information content (AvgIpc) is 2.84. The van der Waals surface area contributed by atoms with Crippen LogP contribution in [-0.4, -0.2) is 37.2 Å². The van der Waals surface area contributed by atoms with Crippen molar-refractivity contribution in [1.29, 1.82) is 0 Å². The minimum Gasteiger partial charge on any atom is -0.488 e. The molecule has 2 aliphatic rings. The van der Waals surface area contributed by atoms with E-state index in [0.29, 0.717) is 11.5 Å². The standard InChI is InChI=1S/C16H24N2O/c1-16(12-17)6-8-18(9-7-16)11-14-10-13-4-2-3-5-15(13)19-14/h2-5,14H,6-12,17H2,1H3. The van der Waals surface area contributed by atoms with Crippen molar-refractivity contribution in [3.63, 3.8) is 0 Å². The molecule has 2 aliphatic heterocycles. The summed E-state index contributed by atoms with van der Waals surface area (Å²) in [5.41, 5.74) is 7.58. The molecule has 0 bridgehead atoms. The molecule has 104 valence electrons. The van der Waals surface area contributed by atoms with Gasteiger partial charge in [-0.3, -0.25) is 4.90 Å². The van der Waals surface area contributed by atoms with Crippen LogP contribution in [-0.2, 0) is 6.42 Å². The third-order valence-electron chi connectivity index (χ3n) is 4.73. The molecule has 0 aliphatic carbocycles. The average molecular weight is 260 g/mol. The van der Waals surface area contributed by atoms with E-state index in [1.807, 2.05) is 0 Å². The minimum atomic E-state index is 0.333. The van der Waals surface area contributed by atoms with Crippen molar-refractivity contribution in [2.24, 2.45) is 11.1 Å². The molecule has 1 fully saturated rings. The van der Waals surface area contributed by atoms with Gasteiger partial charge in [-0.05, 0) is 49.5 Å². The van der Waals surface area contributed by atoms with Crippen LogP contribution in [0.3, 0.4) is 0 Å². The van der Waals surface area contributed by atoms with E-state index in [4.69, 9.17) is 10.5 Å². The lowest BCUT2D eigenvalue weighted by atomic mass is 9.80. The molecule has 1 saturated heterocycles. The van der Waals surface area contributed by atoms with E-state index in [1.165, 1.54) is 18.4 Å². The SMILES string of the molecule is CC1(CN)CCN(CC2Cc3ccccc3O2)CC1. The highest BCUT2D eigenvalue weighted by Crippen LogP contribution is 2.32. The largest absolute Gasteiger partial charge is 0.488 e. The Kier molecular flexibility index (Phi) is 3.50. The lowest BCUT2D eigenvalue weighted by Gasteiger charge is -2.39. The highest BCUT2D eigenvalue weighted by Gasteiger charge is 2.31. The smallest absolute Gasteiger partial charge is 0.123 e. The Labute approximate surface area is 115 Å². The number of nitrogens with zero attached hydrogens (tertiary/aromatic N) is 1. The van der Waals surface area contributed by atoms with Crippen LogP contribution >= 0.6 is 0 Å². The molecular formula is C16H24N2O. The predicted molar refractivity (Wildman–Crippen MR) is 77.4 cm³/mol. The molecule has 1 atom stereocenters. The second kappa shape index (κ2) is 5.14. The van der Waals surface area contributed by atoms with Crippen molar-refractivity contribution in [1.82, 2.24) is 4.90 Å². The van der Waals surface area contributed by atoms with Gasteiger partial charge in [-0.1, -0.05) is 25.1 Å². The fourth-order valence-electron chi connectivity index (χ4n) is 3.12. The summed E-state index contributed by atoms with van der Waals surface area (Å²) in [6, 6.07) is 8.40. The Morgan fingerprint density at radius 3 is 2.74 bits per heavy atom. The molecule has 0 aromatic heterocycles. The summed E-state index contributed by atoms with van der Waals surface area (Å²) in [4.78, 5) is 2.54. The van der Waals surface area contributed by atoms with E-state index in [9.17, 15) is 0 Å². The first-order chi connectivity index (χ1) is 9.18. The molecule has 1 aromatic rings. The van der Waals surface area contributed by atoms with Crippen molar-refractivity contribution in [3.05, 3.63) is 29.8 Å². The number of likely N-dealkylation sites (tertiary alicyclic amines) is 1. The predicted octanol–water partition coefficient (Wildman–Crippen LogP) is 2.05. The number of hydrogen-bond donors (Lipinski definition) is 1. The molecule has 1 aromatic carbocycles. The number of hydrogen-bond acceptors (Lipinski definition) is 3. The fourth-order valence-corrected chi connectivity index (χ4v) is 3.12. The van der Waals surface area contributed by atoms with Crippen molar-refractivity contribution < 1.29 is 4.74 Å².